The van der Waals surface area contributed by atoms with Crippen molar-refractivity contribution in [1.82, 2.24) is 10.3 Å². The molecule has 1 aromatic carbocycles. The molecule has 0 fully saturated rings. The SMILES string of the molecule is CCN(CC)C(=O)C(=O)N/N=C\c1ccccc1[N+](=O)[O-]. The first-order valence-corrected chi connectivity index (χ1v) is 6.37. The predicted molar refractivity (Wildman–Crippen MR) is 76.8 cm³/mol. The van der Waals surface area contributed by atoms with Crippen LogP contribution in [0.5, 0.6) is 0 Å². The highest BCUT2D eigenvalue weighted by molar-refractivity contribution is 6.34. The van der Waals surface area contributed by atoms with Gasteiger partial charge < -0.3 is 4.90 Å². The van der Waals surface area contributed by atoms with Crippen molar-refractivity contribution in [3.05, 3.63) is 39.9 Å². The second-order valence-electron chi connectivity index (χ2n) is 3.99. The molecule has 0 unspecified atom stereocenters. The van der Waals surface area contributed by atoms with Crippen LogP contribution < -0.4 is 5.43 Å². The Labute approximate surface area is 121 Å². The van der Waals surface area contributed by atoms with Crippen molar-refractivity contribution in [2.45, 2.75) is 13.8 Å². The Balaban J connectivity index is 2.73. The first kappa shape index (κ1) is 16.3. The smallest absolute Gasteiger partial charge is 0.329 e. The van der Waals surface area contributed by atoms with Gasteiger partial charge in [0.2, 0.25) is 0 Å². The number of amides is 2. The highest BCUT2D eigenvalue weighted by Gasteiger charge is 2.18. The van der Waals surface area contributed by atoms with Gasteiger partial charge in [0.25, 0.3) is 5.69 Å². The molecule has 0 aliphatic carbocycles. The van der Waals surface area contributed by atoms with E-state index in [1.165, 1.54) is 23.1 Å². The molecule has 21 heavy (non-hydrogen) atoms. The highest BCUT2D eigenvalue weighted by Crippen LogP contribution is 2.14. The number of carbonyl (C=O) groups excluding carboxylic acids is 2. The number of rotatable bonds is 5. The fourth-order valence-corrected chi connectivity index (χ4v) is 1.63. The van der Waals surface area contributed by atoms with Crippen LogP contribution in [0, 0.1) is 10.1 Å². The number of nitrogens with zero attached hydrogens (tertiary/aromatic N) is 3. The Bertz CT molecular complexity index is 567. The molecule has 1 aromatic rings. The molecule has 8 heteroatoms. The zero-order valence-corrected chi connectivity index (χ0v) is 11.8. The van der Waals surface area contributed by atoms with Gasteiger partial charge >= 0.3 is 11.8 Å². The third-order valence-electron chi connectivity index (χ3n) is 2.75. The standard InChI is InChI=1S/C13H16N4O4/c1-3-16(4-2)13(19)12(18)15-14-9-10-7-5-6-8-11(10)17(20)21/h5-9H,3-4H2,1-2H3,(H,15,18)/b14-9-. The van der Waals surface area contributed by atoms with Crippen molar-refractivity contribution in [3.8, 4) is 0 Å². The maximum Gasteiger partial charge on any atom is 0.329 e. The van der Waals surface area contributed by atoms with Crippen LogP contribution in [0.4, 0.5) is 5.69 Å². The molecule has 0 radical (unpaired) electrons. The number of hydrogen-bond acceptors (Lipinski definition) is 5. The number of para-hydroxylation sites is 1. The molecule has 0 aromatic heterocycles. The summed E-state index contributed by atoms with van der Waals surface area (Å²) in [7, 11) is 0. The van der Waals surface area contributed by atoms with E-state index in [1.807, 2.05) is 0 Å². The van der Waals surface area contributed by atoms with E-state index in [0.717, 1.165) is 6.21 Å². The van der Waals surface area contributed by atoms with Crippen LogP contribution in [-0.2, 0) is 9.59 Å². The van der Waals surface area contributed by atoms with Gasteiger partial charge in [-0.3, -0.25) is 19.7 Å². The van der Waals surface area contributed by atoms with Gasteiger partial charge in [0, 0.05) is 19.2 Å². The summed E-state index contributed by atoms with van der Waals surface area (Å²) in [6, 6.07) is 5.94. The van der Waals surface area contributed by atoms with Crippen LogP contribution in [0.3, 0.4) is 0 Å². The van der Waals surface area contributed by atoms with Gasteiger partial charge in [-0.05, 0) is 19.9 Å². The lowest BCUT2D eigenvalue weighted by Crippen LogP contribution is -2.41. The quantitative estimate of drug-likeness (QED) is 0.377. The molecular formula is C13H16N4O4. The summed E-state index contributed by atoms with van der Waals surface area (Å²) in [5.41, 5.74) is 2.16. The van der Waals surface area contributed by atoms with Gasteiger partial charge in [0.1, 0.15) is 0 Å². The Hall–Kier alpha value is -2.77. The summed E-state index contributed by atoms with van der Waals surface area (Å²) in [6.45, 7) is 4.34. The van der Waals surface area contributed by atoms with Gasteiger partial charge in [0.05, 0.1) is 16.7 Å². The first-order chi connectivity index (χ1) is 10.0. The molecule has 0 saturated carbocycles. The van der Waals surface area contributed by atoms with E-state index in [9.17, 15) is 19.7 Å². The van der Waals surface area contributed by atoms with Gasteiger partial charge in [-0.1, -0.05) is 12.1 Å². The van der Waals surface area contributed by atoms with Crippen LogP contribution in [0.2, 0.25) is 0 Å². The van der Waals surface area contributed by atoms with Crippen LogP contribution in [0.15, 0.2) is 29.4 Å². The molecule has 0 heterocycles. The fourth-order valence-electron chi connectivity index (χ4n) is 1.63. The van der Waals surface area contributed by atoms with Crippen molar-refractivity contribution < 1.29 is 14.5 Å². The van der Waals surface area contributed by atoms with Gasteiger partial charge in [-0.25, -0.2) is 5.43 Å². The zero-order valence-electron chi connectivity index (χ0n) is 11.8. The molecule has 0 aliphatic rings. The third-order valence-corrected chi connectivity index (χ3v) is 2.75. The number of nitro groups is 1. The van der Waals surface area contributed by atoms with Crippen LogP contribution in [0.1, 0.15) is 19.4 Å². The number of nitro benzene ring substituents is 1. The molecular weight excluding hydrogens is 276 g/mol. The average Bonchev–Trinajstić information content (AvgIpc) is 2.48. The number of benzene rings is 1. The zero-order chi connectivity index (χ0) is 15.8. The summed E-state index contributed by atoms with van der Waals surface area (Å²) in [4.78, 5) is 34.8. The molecule has 1 rings (SSSR count). The van der Waals surface area contributed by atoms with Crippen LogP contribution in [-0.4, -0.2) is 40.9 Å². The molecule has 0 aliphatic heterocycles. The number of nitrogens with one attached hydrogen (secondary N) is 1. The Morgan fingerprint density at radius 3 is 2.52 bits per heavy atom. The van der Waals surface area contributed by atoms with Crippen molar-refractivity contribution in [1.29, 1.82) is 0 Å². The average molecular weight is 292 g/mol. The molecule has 0 spiro atoms. The summed E-state index contributed by atoms with van der Waals surface area (Å²) in [5, 5.41) is 14.4. The maximum absolute atomic E-state index is 11.7. The van der Waals surface area contributed by atoms with Crippen molar-refractivity contribution in [2.75, 3.05) is 13.1 Å². The number of likely N-dealkylation sites (N-methyl/N-ethyl adjacent to an activating group) is 1. The Kier molecular flexibility index (Phi) is 5.99. The first-order valence-electron chi connectivity index (χ1n) is 6.37. The van der Waals surface area contributed by atoms with E-state index in [-0.39, 0.29) is 11.3 Å². The largest absolute Gasteiger partial charge is 0.335 e. The minimum atomic E-state index is -0.881. The van der Waals surface area contributed by atoms with Gasteiger partial charge in [-0.2, -0.15) is 5.10 Å². The lowest BCUT2D eigenvalue weighted by atomic mass is 10.2. The lowest BCUT2D eigenvalue weighted by molar-refractivity contribution is -0.385. The number of carbonyl (C=O) groups is 2. The fraction of sp³-hybridized carbons (Fsp3) is 0.308. The second-order valence-corrected chi connectivity index (χ2v) is 3.99. The second kappa shape index (κ2) is 7.73. The van der Waals surface area contributed by atoms with E-state index < -0.39 is 16.7 Å². The van der Waals surface area contributed by atoms with E-state index in [4.69, 9.17) is 0 Å². The van der Waals surface area contributed by atoms with Crippen LogP contribution in [0.25, 0.3) is 0 Å². The number of hydrogen-bond donors (Lipinski definition) is 1. The minimum absolute atomic E-state index is 0.134. The van der Waals surface area contributed by atoms with Gasteiger partial charge in [0.15, 0.2) is 0 Å². The highest BCUT2D eigenvalue weighted by atomic mass is 16.6. The van der Waals surface area contributed by atoms with Crippen molar-refractivity contribution in [3.63, 3.8) is 0 Å². The summed E-state index contributed by atoms with van der Waals surface area (Å²) in [6.07, 6.45) is 1.13. The van der Waals surface area contributed by atoms with Crippen molar-refractivity contribution >= 4 is 23.7 Å². The normalized spacial score (nSPS) is 10.4. The monoisotopic (exact) mass is 292 g/mol. The summed E-state index contributed by atoms with van der Waals surface area (Å²) >= 11 is 0. The lowest BCUT2D eigenvalue weighted by Gasteiger charge is -2.16. The summed E-state index contributed by atoms with van der Waals surface area (Å²) in [5.74, 6) is -1.58. The molecule has 1 N–H and O–H groups in total. The maximum atomic E-state index is 11.7. The molecule has 0 bridgehead atoms. The predicted octanol–water partition coefficient (Wildman–Crippen LogP) is 0.913. The van der Waals surface area contributed by atoms with E-state index in [0.29, 0.717) is 13.1 Å². The van der Waals surface area contributed by atoms with E-state index in [1.54, 1.807) is 19.9 Å². The molecule has 8 nitrogen and oxygen atoms in total. The van der Waals surface area contributed by atoms with Crippen molar-refractivity contribution in [2.24, 2.45) is 5.10 Å². The number of hydrazone groups is 1. The molecule has 112 valence electrons. The summed E-state index contributed by atoms with van der Waals surface area (Å²) < 4.78 is 0. The third kappa shape index (κ3) is 4.37. The van der Waals surface area contributed by atoms with Crippen LogP contribution >= 0.6 is 0 Å². The van der Waals surface area contributed by atoms with Gasteiger partial charge in [-0.15, -0.1) is 0 Å². The molecule has 0 atom stereocenters. The Morgan fingerprint density at radius 1 is 1.33 bits per heavy atom. The van der Waals surface area contributed by atoms with E-state index >= 15 is 0 Å². The molecule has 0 saturated heterocycles. The minimum Gasteiger partial charge on any atom is -0.335 e. The topological polar surface area (TPSA) is 105 Å². The molecule has 2 amide bonds. The van der Waals surface area contributed by atoms with E-state index in [2.05, 4.69) is 10.5 Å². The Morgan fingerprint density at radius 2 is 1.95 bits per heavy atom.